The molecule has 1 aromatic heterocycles. The monoisotopic (exact) mass is 441 g/mol. The molecular formula is C22H23N3O3S2. The zero-order chi connectivity index (χ0) is 21.0. The van der Waals surface area contributed by atoms with Crippen molar-refractivity contribution in [1.82, 2.24) is 14.6 Å². The highest BCUT2D eigenvalue weighted by atomic mass is 32.2. The minimum atomic E-state index is -3.68. The minimum absolute atomic E-state index is 0.190. The first kappa shape index (κ1) is 20.7. The summed E-state index contributed by atoms with van der Waals surface area (Å²) in [4.78, 5) is 19.1. The molecule has 0 spiro atoms. The number of nitrogens with zero attached hydrogens (tertiary/aromatic N) is 2. The molecule has 156 valence electrons. The molecule has 3 aromatic rings. The van der Waals surface area contributed by atoms with Gasteiger partial charge in [-0.15, -0.1) is 11.3 Å². The first-order valence-corrected chi connectivity index (χ1v) is 12.2. The summed E-state index contributed by atoms with van der Waals surface area (Å²) in [6.45, 7) is 0.968. The lowest BCUT2D eigenvalue weighted by Crippen LogP contribution is -2.44. The van der Waals surface area contributed by atoms with Gasteiger partial charge in [-0.2, -0.15) is 0 Å². The van der Waals surface area contributed by atoms with Crippen LogP contribution in [0.25, 0.3) is 16.3 Å². The second-order valence-electron chi connectivity index (χ2n) is 7.28. The van der Waals surface area contributed by atoms with Crippen LogP contribution in [0.2, 0.25) is 0 Å². The van der Waals surface area contributed by atoms with Gasteiger partial charge in [0.2, 0.25) is 15.9 Å². The Kier molecular flexibility index (Phi) is 6.26. The van der Waals surface area contributed by atoms with Gasteiger partial charge in [-0.3, -0.25) is 4.79 Å². The van der Waals surface area contributed by atoms with Gasteiger partial charge in [-0.25, -0.2) is 18.1 Å². The number of carbonyl (C=O) groups excluding carboxylic acids is 1. The summed E-state index contributed by atoms with van der Waals surface area (Å²) >= 11 is 1.67. The third-order valence-corrected chi connectivity index (χ3v) is 7.34. The Morgan fingerprint density at radius 2 is 1.93 bits per heavy atom. The average molecular weight is 442 g/mol. The molecule has 1 fully saturated rings. The van der Waals surface area contributed by atoms with Crippen LogP contribution >= 0.6 is 11.3 Å². The van der Waals surface area contributed by atoms with Gasteiger partial charge in [0.1, 0.15) is 0 Å². The van der Waals surface area contributed by atoms with Crippen molar-refractivity contribution in [2.45, 2.75) is 18.8 Å². The predicted octanol–water partition coefficient (Wildman–Crippen LogP) is 3.59. The minimum Gasteiger partial charge on any atom is -0.341 e. The van der Waals surface area contributed by atoms with Crippen molar-refractivity contribution in [3.05, 3.63) is 70.6 Å². The van der Waals surface area contributed by atoms with Gasteiger partial charge in [0.25, 0.3) is 0 Å². The number of sulfonamides is 1. The Morgan fingerprint density at radius 3 is 2.73 bits per heavy atom. The SMILES string of the molecule is O=C(CNS(=O)(=O)C=Cc1ccccc1)N1CCCC(c2nc3ccccc3s2)C1. The molecule has 4 rings (SSSR count). The van der Waals surface area contributed by atoms with Crippen LogP contribution in [0.1, 0.15) is 29.3 Å². The van der Waals surface area contributed by atoms with Crippen molar-refractivity contribution in [2.24, 2.45) is 0 Å². The predicted molar refractivity (Wildman–Crippen MR) is 121 cm³/mol. The summed E-state index contributed by atoms with van der Waals surface area (Å²) in [6.07, 6.45) is 3.37. The molecule has 1 aliphatic heterocycles. The van der Waals surface area contributed by atoms with Gasteiger partial charge in [0.15, 0.2) is 0 Å². The number of likely N-dealkylation sites (tertiary alicyclic amines) is 1. The lowest BCUT2D eigenvalue weighted by molar-refractivity contribution is -0.131. The maximum atomic E-state index is 12.6. The number of aromatic nitrogens is 1. The Hall–Kier alpha value is -2.55. The highest BCUT2D eigenvalue weighted by Gasteiger charge is 2.27. The summed E-state index contributed by atoms with van der Waals surface area (Å²) < 4.78 is 27.9. The van der Waals surface area contributed by atoms with Crippen LogP contribution in [0.5, 0.6) is 0 Å². The number of nitrogens with one attached hydrogen (secondary N) is 1. The van der Waals surface area contributed by atoms with E-state index in [2.05, 4.69) is 10.8 Å². The maximum absolute atomic E-state index is 12.6. The van der Waals surface area contributed by atoms with Crippen LogP contribution in [-0.2, 0) is 14.8 Å². The van der Waals surface area contributed by atoms with Gasteiger partial charge in [0.05, 0.1) is 21.8 Å². The van der Waals surface area contributed by atoms with E-state index in [1.54, 1.807) is 16.2 Å². The zero-order valence-corrected chi connectivity index (χ0v) is 18.0. The number of fused-ring (bicyclic) bond motifs is 1. The number of thiazole rings is 1. The molecule has 1 unspecified atom stereocenters. The highest BCUT2D eigenvalue weighted by Crippen LogP contribution is 2.32. The summed E-state index contributed by atoms with van der Waals surface area (Å²) in [6, 6.07) is 17.2. The Bertz CT molecular complexity index is 1120. The van der Waals surface area contributed by atoms with Gasteiger partial charge in [-0.1, -0.05) is 42.5 Å². The van der Waals surface area contributed by atoms with E-state index in [1.165, 1.54) is 6.08 Å². The summed E-state index contributed by atoms with van der Waals surface area (Å²) in [5.74, 6) is -0.0211. The number of benzene rings is 2. The second kappa shape index (κ2) is 9.07. The van der Waals surface area contributed by atoms with E-state index in [1.807, 2.05) is 48.5 Å². The third-order valence-electron chi connectivity index (χ3n) is 5.10. The first-order chi connectivity index (χ1) is 14.5. The molecule has 1 amide bonds. The molecular weight excluding hydrogens is 418 g/mol. The fraction of sp³-hybridized carbons (Fsp3) is 0.273. The van der Waals surface area contributed by atoms with Crippen molar-refractivity contribution < 1.29 is 13.2 Å². The second-order valence-corrected chi connectivity index (χ2v) is 9.99. The van der Waals surface area contributed by atoms with Crippen molar-refractivity contribution in [3.8, 4) is 0 Å². The lowest BCUT2D eigenvalue weighted by Gasteiger charge is -2.31. The van der Waals surface area contributed by atoms with E-state index in [0.717, 1.165) is 39.0 Å². The Morgan fingerprint density at radius 1 is 1.17 bits per heavy atom. The lowest BCUT2D eigenvalue weighted by atomic mass is 9.98. The largest absolute Gasteiger partial charge is 0.341 e. The number of hydrogen-bond donors (Lipinski definition) is 1. The fourth-order valence-electron chi connectivity index (χ4n) is 3.52. The van der Waals surface area contributed by atoms with Crippen molar-refractivity contribution in [2.75, 3.05) is 19.6 Å². The molecule has 6 nitrogen and oxygen atoms in total. The molecule has 0 radical (unpaired) electrons. The molecule has 1 aliphatic rings. The molecule has 1 N–H and O–H groups in total. The highest BCUT2D eigenvalue weighted by molar-refractivity contribution is 7.92. The summed E-state index contributed by atoms with van der Waals surface area (Å²) in [7, 11) is -3.68. The van der Waals surface area contributed by atoms with Gasteiger partial charge < -0.3 is 4.90 Å². The maximum Gasteiger partial charge on any atom is 0.237 e. The van der Waals surface area contributed by atoms with Crippen LogP contribution < -0.4 is 4.72 Å². The van der Waals surface area contributed by atoms with E-state index in [-0.39, 0.29) is 18.4 Å². The standard InChI is InChI=1S/C22H23N3O3S2/c26-21(15-23-30(27,28)14-12-17-7-2-1-3-8-17)25-13-6-9-18(16-25)22-24-19-10-4-5-11-20(19)29-22/h1-5,7-8,10-12,14,18,23H,6,9,13,15-16H2. The van der Waals surface area contributed by atoms with Gasteiger partial charge >= 0.3 is 0 Å². The number of carbonyl (C=O) groups is 1. The molecule has 0 bridgehead atoms. The molecule has 1 saturated heterocycles. The van der Waals surface area contributed by atoms with Crippen molar-refractivity contribution in [3.63, 3.8) is 0 Å². The molecule has 1 atom stereocenters. The number of rotatable bonds is 6. The third kappa shape index (κ3) is 5.13. The van der Waals surface area contributed by atoms with E-state index in [9.17, 15) is 13.2 Å². The molecule has 0 aliphatic carbocycles. The number of piperidine rings is 1. The molecule has 2 aromatic carbocycles. The van der Waals surface area contributed by atoms with Crippen LogP contribution in [0.4, 0.5) is 0 Å². The van der Waals surface area contributed by atoms with Crippen LogP contribution in [0, 0.1) is 0 Å². The zero-order valence-electron chi connectivity index (χ0n) is 16.4. The Labute approximate surface area is 180 Å². The fourth-order valence-corrected chi connectivity index (χ4v) is 5.37. The molecule has 2 heterocycles. The van der Waals surface area contributed by atoms with E-state index < -0.39 is 10.0 Å². The van der Waals surface area contributed by atoms with E-state index in [4.69, 9.17) is 4.98 Å². The van der Waals surface area contributed by atoms with E-state index >= 15 is 0 Å². The van der Waals surface area contributed by atoms with E-state index in [0.29, 0.717) is 13.1 Å². The molecule has 30 heavy (non-hydrogen) atoms. The smallest absolute Gasteiger partial charge is 0.237 e. The number of hydrogen-bond acceptors (Lipinski definition) is 5. The van der Waals surface area contributed by atoms with Crippen LogP contribution in [0.3, 0.4) is 0 Å². The van der Waals surface area contributed by atoms with Gasteiger partial charge in [0, 0.05) is 24.4 Å². The normalized spacial score (nSPS) is 17.6. The summed E-state index contributed by atoms with van der Waals surface area (Å²) in [5.41, 5.74) is 1.77. The van der Waals surface area contributed by atoms with Crippen molar-refractivity contribution in [1.29, 1.82) is 0 Å². The molecule has 0 saturated carbocycles. The molecule has 8 heteroatoms. The number of amides is 1. The average Bonchev–Trinajstić information content (AvgIpc) is 3.21. The first-order valence-electron chi connectivity index (χ1n) is 9.86. The topological polar surface area (TPSA) is 79.4 Å². The van der Waals surface area contributed by atoms with Crippen molar-refractivity contribution >= 4 is 43.6 Å². The Balaban J connectivity index is 1.35. The quantitative estimate of drug-likeness (QED) is 0.634. The van der Waals surface area contributed by atoms with Crippen LogP contribution in [-0.4, -0.2) is 43.8 Å². The van der Waals surface area contributed by atoms with Gasteiger partial charge in [-0.05, 0) is 36.6 Å². The summed E-state index contributed by atoms with van der Waals surface area (Å²) in [5, 5.41) is 2.13. The van der Waals surface area contributed by atoms with Crippen LogP contribution in [0.15, 0.2) is 60.0 Å². The number of para-hydroxylation sites is 1.